The molecular weight excluding hydrogens is 397 g/mol. The van der Waals surface area contributed by atoms with E-state index in [2.05, 4.69) is 78.1 Å². The van der Waals surface area contributed by atoms with Gasteiger partial charge in [-0.25, -0.2) is 0 Å². The highest BCUT2D eigenvalue weighted by Gasteiger charge is 2.30. The second-order valence-electron chi connectivity index (χ2n) is 7.43. The highest BCUT2D eigenvalue weighted by Crippen LogP contribution is 2.46. The van der Waals surface area contributed by atoms with Crippen molar-refractivity contribution in [3.63, 3.8) is 0 Å². The number of hydrogen-bond donors (Lipinski definition) is 1. The maximum absolute atomic E-state index is 13.6. The molecule has 0 saturated heterocycles. The van der Waals surface area contributed by atoms with E-state index in [4.69, 9.17) is 0 Å². The molecule has 2 nitrogen and oxygen atoms in total. The first-order valence-corrected chi connectivity index (χ1v) is 12.2. The molecule has 154 valence electrons. The molecule has 0 radical (unpaired) electrons. The number of benzene rings is 4. The Kier molecular flexibility index (Phi) is 6.50. The monoisotopic (exact) mass is 423 g/mol. The highest BCUT2D eigenvalue weighted by molar-refractivity contribution is 7.96. The summed E-state index contributed by atoms with van der Waals surface area (Å²) in [6.45, 7) is 0.193. The van der Waals surface area contributed by atoms with Crippen LogP contribution < -0.4 is 21.2 Å². The van der Waals surface area contributed by atoms with Gasteiger partial charge in [0, 0.05) is 11.8 Å². The van der Waals surface area contributed by atoms with Crippen LogP contribution in [0.15, 0.2) is 121 Å². The van der Waals surface area contributed by atoms with Crippen LogP contribution >= 0.6 is 6.89 Å². The van der Waals surface area contributed by atoms with Crippen LogP contribution in [-0.4, -0.2) is 11.2 Å². The number of hydrogen-bond acceptors (Lipinski definition) is 1. The first-order chi connectivity index (χ1) is 15.2. The third-order valence-electron chi connectivity index (χ3n) is 5.56. The fraction of sp³-hybridized carbons (Fsp3) is 0.0714. The summed E-state index contributed by atoms with van der Waals surface area (Å²) in [5.41, 5.74) is 1.09. The van der Waals surface area contributed by atoms with Crippen molar-refractivity contribution in [1.29, 1.82) is 0 Å². The molecule has 0 heterocycles. The molecule has 0 saturated carbocycles. The predicted molar refractivity (Wildman–Crippen MR) is 134 cm³/mol. The van der Waals surface area contributed by atoms with Gasteiger partial charge < -0.3 is 5.32 Å². The smallest absolute Gasteiger partial charge is 0.248 e. The molecule has 0 atom stereocenters. The van der Waals surface area contributed by atoms with E-state index in [1.165, 1.54) is 15.9 Å². The van der Waals surface area contributed by atoms with E-state index in [0.29, 0.717) is 6.54 Å². The van der Waals surface area contributed by atoms with Crippen LogP contribution in [0.4, 0.5) is 0 Å². The van der Waals surface area contributed by atoms with E-state index in [-0.39, 0.29) is 5.91 Å². The Balaban J connectivity index is 1.94. The van der Waals surface area contributed by atoms with Crippen molar-refractivity contribution >= 4 is 34.0 Å². The number of rotatable bonds is 6. The molecule has 0 unspecified atom stereocenters. The van der Waals surface area contributed by atoms with Crippen LogP contribution in [0.5, 0.6) is 0 Å². The van der Waals surface area contributed by atoms with E-state index in [0.717, 1.165) is 10.9 Å². The van der Waals surface area contributed by atoms with Gasteiger partial charge in [-0.1, -0.05) is 121 Å². The van der Waals surface area contributed by atoms with Crippen LogP contribution in [0, 0.1) is 0 Å². The maximum Gasteiger partial charge on any atom is 0.248 e. The minimum atomic E-state index is -2.32. The molecule has 3 heteroatoms. The number of amides is 1. The maximum atomic E-state index is 13.6. The topological polar surface area (TPSA) is 29.1 Å². The Hall–Kier alpha value is -3.35. The molecule has 0 aliphatic heterocycles. The fourth-order valence-corrected chi connectivity index (χ4v) is 8.34. The van der Waals surface area contributed by atoms with Crippen molar-refractivity contribution in [3.8, 4) is 0 Å². The lowest BCUT2D eigenvalue weighted by Gasteiger charge is -2.31. The standard InChI is InChI=1S/C28H26NOP/c1-23(28(30)29-22-24-14-6-2-7-15-24)31(25-16-8-3-9-17-25,26-18-10-4-11-19-26)27-20-12-5-13-21-27/h2-21H,22H2,1H3,(H,29,30). The molecule has 4 aromatic carbocycles. The van der Waals surface area contributed by atoms with Gasteiger partial charge in [0.15, 0.2) is 0 Å². The van der Waals surface area contributed by atoms with Gasteiger partial charge in [0.1, 0.15) is 0 Å². The van der Waals surface area contributed by atoms with Crippen LogP contribution in [0.3, 0.4) is 0 Å². The number of nitrogens with one attached hydrogen (secondary N) is 1. The largest absolute Gasteiger partial charge is 0.348 e. The molecule has 0 spiro atoms. The van der Waals surface area contributed by atoms with E-state index in [1.54, 1.807) is 0 Å². The Morgan fingerprint density at radius 3 is 1.35 bits per heavy atom. The molecule has 0 bridgehead atoms. The van der Waals surface area contributed by atoms with Crippen molar-refractivity contribution in [2.24, 2.45) is 0 Å². The van der Waals surface area contributed by atoms with E-state index < -0.39 is 6.89 Å². The molecule has 0 aromatic heterocycles. The Morgan fingerprint density at radius 2 is 0.968 bits per heavy atom. The van der Waals surface area contributed by atoms with Gasteiger partial charge in [-0.2, -0.15) is 0 Å². The molecule has 4 rings (SSSR count). The minimum absolute atomic E-state index is 0.00579. The zero-order chi connectivity index (χ0) is 21.5. The second kappa shape index (κ2) is 9.64. The van der Waals surface area contributed by atoms with Gasteiger partial charge in [-0.05, 0) is 35.3 Å². The van der Waals surface area contributed by atoms with Gasteiger partial charge in [0.2, 0.25) is 5.91 Å². The Morgan fingerprint density at radius 1 is 0.613 bits per heavy atom. The number of carbonyl (C=O) groups is 1. The van der Waals surface area contributed by atoms with Crippen LogP contribution in [0.1, 0.15) is 12.5 Å². The second-order valence-corrected chi connectivity index (χ2v) is 11.0. The fourth-order valence-electron chi connectivity index (χ4n) is 4.04. The van der Waals surface area contributed by atoms with Gasteiger partial charge in [-0.15, -0.1) is 0 Å². The van der Waals surface area contributed by atoms with E-state index in [9.17, 15) is 4.79 Å². The summed E-state index contributed by atoms with van der Waals surface area (Å²) < 4.78 is 0. The average Bonchev–Trinajstić information content (AvgIpc) is 2.85. The Labute approximate surface area is 184 Å². The average molecular weight is 423 g/mol. The molecule has 0 fully saturated rings. The van der Waals surface area contributed by atoms with Crippen molar-refractivity contribution in [2.75, 3.05) is 0 Å². The summed E-state index contributed by atoms with van der Waals surface area (Å²) in [4.78, 5) is 13.6. The number of carbonyl (C=O) groups excluding carboxylic acids is 1. The van der Waals surface area contributed by atoms with E-state index in [1.807, 2.05) is 55.5 Å². The van der Waals surface area contributed by atoms with Crippen molar-refractivity contribution in [2.45, 2.75) is 13.5 Å². The molecule has 1 N–H and O–H groups in total. The SMILES string of the molecule is CC(C(=O)NCc1ccccc1)=P(c1ccccc1)(c1ccccc1)c1ccccc1. The zero-order valence-electron chi connectivity index (χ0n) is 17.6. The summed E-state index contributed by atoms with van der Waals surface area (Å²) in [7, 11) is 0. The summed E-state index contributed by atoms with van der Waals surface area (Å²) in [6.07, 6.45) is 0. The first-order valence-electron chi connectivity index (χ1n) is 10.4. The lowest BCUT2D eigenvalue weighted by atomic mass is 10.2. The normalized spacial score (nSPS) is 11.0. The summed E-state index contributed by atoms with van der Waals surface area (Å²) >= 11 is 0. The van der Waals surface area contributed by atoms with Crippen molar-refractivity contribution in [3.05, 3.63) is 127 Å². The minimum Gasteiger partial charge on any atom is -0.348 e. The van der Waals surface area contributed by atoms with Gasteiger partial charge in [-0.3, -0.25) is 4.79 Å². The van der Waals surface area contributed by atoms with Crippen LogP contribution in [0.2, 0.25) is 0 Å². The molecule has 1 amide bonds. The van der Waals surface area contributed by atoms with E-state index >= 15 is 0 Å². The quantitative estimate of drug-likeness (QED) is 0.455. The van der Waals surface area contributed by atoms with Crippen molar-refractivity contribution in [1.82, 2.24) is 5.32 Å². The molecule has 31 heavy (non-hydrogen) atoms. The predicted octanol–water partition coefficient (Wildman–Crippen LogP) is 4.49. The van der Waals surface area contributed by atoms with Gasteiger partial charge in [0.05, 0.1) is 0 Å². The van der Waals surface area contributed by atoms with Crippen molar-refractivity contribution < 1.29 is 4.79 Å². The zero-order valence-corrected chi connectivity index (χ0v) is 18.5. The molecule has 0 aliphatic carbocycles. The van der Waals surface area contributed by atoms with Gasteiger partial charge >= 0.3 is 0 Å². The lowest BCUT2D eigenvalue weighted by Crippen LogP contribution is -2.37. The summed E-state index contributed by atoms with van der Waals surface area (Å²) in [5.74, 6) is -0.00579. The third kappa shape index (κ3) is 4.26. The van der Waals surface area contributed by atoms with Gasteiger partial charge in [0.25, 0.3) is 0 Å². The third-order valence-corrected chi connectivity index (χ3v) is 9.99. The summed E-state index contributed by atoms with van der Waals surface area (Å²) in [6, 6.07) is 41.4. The lowest BCUT2D eigenvalue weighted by molar-refractivity contribution is -0.114. The summed E-state index contributed by atoms with van der Waals surface area (Å²) in [5, 5.41) is 7.56. The molecule has 0 aliphatic rings. The van der Waals surface area contributed by atoms with Crippen LogP contribution in [-0.2, 0) is 11.3 Å². The molecule has 4 aromatic rings. The van der Waals surface area contributed by atoms with Crippen LogP contribution in [0.25, 0.3) is 0 Å². The molecular formula is C28H26NOP. The highest BCUT2D eigenvalue weighted by atomic mass is 31.2. The first kappa shape index (κ1) is 20.9. The Bertz CT molecular complexity index is 1080.